The van der Waals surface area contributed by atoms with Gasteiger partial charge in [-0.1, -0.05) is 60.7 Å². The van der Waals surface area contributed by atoms with E-state index < -0.39 is 11.7 Å². The lowest BCUT2D eigenvalue weighted by molar-refractivity contribution is -0.135. The van der Waals surface area contributed by atoms with E-state index in [-0.39, 0.29) is 11.0 Å². The summed E-state index contributed by atoms with van der Waals surface area (Å²) in [6, 6.07) is 32.3. The Labute approximate surface area is 278 Å². The van der Waals surface area contributed by atoms with Gasteiger partial charge in [0.15, 0.2) is 5.75 Å². The summed E-state index contributed by atoms with van der Waals surface area (Å²) in [4.78, 5) is 16.2. The summed E-state index contributed by atoms with van der Waals surface area (Å²) in [5.41, 5.74) is 4.96. The van der Waals surface area contributed by atoms with Crippen LogP contribution in [0.4, 0.5) is 13.2 Å². The topological polar surface area (TPSA) is 75.8 Å². The van der Waals surface area contributed by atoms with E-state index in [1.54, 1.807) is 43.5 Å². The predicted octanol–water partition coefficient (Wildman–Crippen LogP) is 10.8. The van der Waals surface area contributed by atoms with E-state index in [9.17, 15) is 13.2 Å². The van der Waals surface area contributed by atoms with Crippen LogP contribution in [-0.2, 0) is 6.18 Å². The molecule has 0 radical (unpaired) electrons. The van der Waals surface area contributed by atoms with E-state index in [1.165, 1.54) is 12.1 Å². The molecular formula is C40H27F3N4O2. The van der Waals surface area contributed by atoms with Crippen molar-refractivity contribution in [1.29, 1.82) is 0 Å². The first-order chi connectivity index (χ1) is 23.9. The number of rotatable bonds is 5. The molecule has 5 heterocycles. The molecule has 0 spiro atoms. The van der Waals surface area contributed by atoms with Crippen LogP contribution < -0.4 is 9.47 Å². The SMILES string of the molecule is COc1ccc(Oc2c3nc(c(-c4ccccc4)c4ccc([nH]4)c(C(F)(F)F)c4ccc([nH]4)c(-c4ccccc4)c4nc2C=C4)C=C3)cc1. The molecule has 3 aromatic heterocycles. The highest BCUT2D eigenvalue weighted by Gasteiger charge is 2.34. The lowest BCUT2D eigenvalue weighted by atomic mass is 10.0. The summed E-state index contributed by atoms with van der Waals surface area (Å²) in [6.45, 7) is 0. The molecule has 0 saturated carbocycles. The average Bonchev–Trinajstić information content (AvgIpc) is 3.94. The van der Waals surface area contributed by atoms with E-state index in [2.05, 4.69) is 9.97 Å². The molecule has 6 nitrogen and oxygen atoms in total. The van der Waals surface area contributed by atoms with Gasteiger partial charge in [-0.2, -0.15) is 13.2 Å². The normalized spacial score (nSPS) is 12.3. The quantitative estimate of drug-likeness (QED) is 0.194. The van der Waals surface area contributed by atoms with Gasteiger partial charge in [-0.05, 0) is 84.0 Å². The van der Waals surface area contributed by atoms with Crippen molar-refractivity contribution in [3.8, 4) is 39.5 Å². The Kier molecular flexibility index (Phi) is 7.37. The van der Waals surface area contributed by atoms with E-state index in [0.717, 1.165) is 11.1 Å². The molecule has 240 valence electrons. The number of aromatic nitrogens is 4. The molecule has 0 aliphatic carbocycles. The van der Waals surface area contributed by atoms with Gasteiger partial charge >= 0.3 is 6.18 Å². The van der Waals surface area contributed by atoms with Crippen LogP contribution in [0.1, 0.15) is 28.3 Å². The smallest absolute Gasteiger partial charge is 0.420 e. The third-order valence-corrected chi connectivity index (χ3v) is 8.39. The molecule has 9 heteroatoms. The molecule has 0 atom stereocenters. The number of benzene rings is 3. The maximum absolute atomic E-state index is 14.9. The first-order valence-electron chi connectivity index (χ1n) is 15.5. The molecule has 2 N–H and O–H groups in total. The lowest BCUT2D eigenvalue weighted by Gasteiger charge is -2.09. The van der Waals surface area contributed by atoms with Crippen molar-refractivity contribution in [3.05, 3.63) is 138 Å². The van der Waals surface area contributed by atoms with E-state index in [1.807, 2.05) is 85.0 Å². The second-order valence-corrected chi connectivity index (χ2v) is 11.5. The van der Waals surface area contributed by atoms with Gasteiger partial charge in [0.25, 0.3) is 0 Å². The molecule has 3 aromatic carbocycles. The van der Waals surface area contributed by atoms with E-state index >= 15 is 0 Å². The van der Waals surface area contributed by atoms with E-state index in [0.29, 0.717) is 62.2 Å². The number of methoxy groups -OCH3 is 1. The number of fused-ring (bicyclic) bond motifs is 8. The second kappa shape index (κ2) is 12.0. The first kappa shape index (κ1) is 30.0. The number of hydrogen-bond donors (Lipinski definition) is 2. The molecule has 0 amide bonds. The largest absolute Gasteiger partial charge is 0.497 e. The summed E-state index contributed by atoms with van der Waals surface area (Å²) < 4.78 is 56.5. The second-order valence-electron chi connectivity index (χ2n) is 11.5. The first-order valence-corrected chi connectivity index (χ1v) is 15.5. The number of nitrogens with one attached hydrogen (secondary N) is 2. The highest BCUT2D eigenvalue weighted by molar-refractivity contribution is 5.94. The minimum absolute atomic E-state index is 0.0757. The summed E-state index contributed by atoms with van der Waals surface area (Å²) in [7, 11) is 1.60. The Morgan fingerprint density at radius 2 is 0.939 bits per heavy atom. The number of aromatic amines is 2. The van der Waals surface area contributed by atoms with Crippen LogP contribution in [0, 0.1) is 0 Å². The molecule has 8 rings (SSSR count). The highest BCUT2D eigenvalue weighted by Crippen LogP contribution is 2.40. The van der Waals surface area contributed by atoms with E-state index in [4.69, 9.17) is 19.4 Å². The number of nitrogens with zero attached hydrogens (tertiary/aromatic N) is 2. The van der Waals surface area contributed by atoms with Gasteiger partial charge in [0.1, 0.15) is 28.5 Å². The van der Waals surface area contributed by atoms with Gasteiger partial charge in [0.05, 0.1) is 29.5 Å². The molecular weight excluding hydrogens is 625 g/mol. The molecule has 0 saturated heterocycles. The average molecular weight is 653 g/mol. The minimum Gasteiger partial charge on any atom is -0.497 e. The number of alkyl halides is 3. The number of halogens is 3. The summed E-state index contributed by atoms with van der Waals surface area (Å²) in [6.07, 6.45) is 2.67. The van der Waals surface area contributed by atoms with Gasteiger partial charge in [-0.3, -0.25) is 0 Å². The molecule has 2 aliphatic rings. The zero-order valence-corrected chi connectivity index (χ0v) is 26.0. The van der Waals surface area contributed by atoms with Gasteiger partial charge < -0.3 is 19.4 Å². The monoisotopic (exact) mass is 652 g/mol. The predicted molar refractivity (Wildman–Crippen MR) is 188 cm³/mol. The Bertz CT molecular complexity index is 2290. The van der Waals surface area contributed by atoms with Crippen molar-refractivity contribution in [2.75, 3.05) is 7.11 Å². The van der Waals surface area contributed by atoms with Crippen LogP contribution in [0.2, 0.25) is 0 Å². The zero-order valence-electron chi connectivity index (χ0n) is 26.0. The summed E-state index contributed by atoms with van der Waals surface area (Å²) in [5.74, 6) is 1.65. The highest BCUT2D eigenvalue weighted by atomic mass is 19.4. The number of H-pyrrole nitrogens is 2. The Hall–Kier alpha value is -6.35. The van der Waals surface area contributed by atoms with Crippen molar-refractivity contribution < 1.29 is 22.6 Å². The van der Waals surface area contributed by atoms with Gasteiger partial charge in [0, 0.05) is 22.2 Å². The fourth-order valence-electron chi connectivity index (χ4n) is 6.17. The third kappa shape index (κ3) is 5.65. The zero-order chi connectivity index (χ0) is 33.5. The number of ether oxygens (including phenoxy) is 2. The fraction of sp³-hybridized carbons (Fsp3) is 0.0500. The molecule has 6 aromatic rings. The van der Waals surface area contributed by atoms with Crippen molar-refractivity contribution in [1.82, 2.24) is 19.9 Å². The van der Waals surface area contributed by atoms with Gasteiger partial charge in [-0.15, -0.1) is 0 Å². The molecule has 0 unspecified atom stereocenters. The van der Waals surface area contributed by atoms with Gasteiger partial charge in [0.2, 0.25) is 0 Å². The van der Waals surface area contributed by atoms with Crippen molar-refractivity contribution in [2.24, 2.45) is 0 Å². The van der Waals surface area contributed by atoms with Crippen LogP contribution in [0.15, 0.2) is 109 Å². The number of hydrogen-bond acceptors (Lipinski definition) is 4. The maximum Gasteiger partial charge on any atom is 0.420 e. The Morgan fingerprint density at radius 1 is 0.510 bits per heavy atom. The minimum atomic E-state index is -4.67. The Balaban J connectivity index is 1.52. The third-order valence-electron chi connectivity index (χ3n) is 8.39. The fourth-order valence-corrected chi connectivity index (χ4v) is 6.17. The summed E-state index contributed by atoms with van der Waals surface area (Å²) >= 11 is 0. The van der Waals surface area contributed by atoms with Gasteiger partial charge in [-0.25, -0.2) is 9.97 Å². The standard InChI is InChI=1S/C40H27F3N4O2/c1-48-26-12-14-27(15-13-26)49-39-34-22-18-30(46-34)36(24-8-4-2-5-9-24)28-16-20-32(44-28)38(40(41,42)43)33-21-17-29(45-33)37(25-10-6-3-7-11-25)31-19-23-35(39)47-31/h2-23,44-45H,1H3. The molecule has 2 aliphatic heterocycles. The van der Waals surface area contributed by atoms with Crippen LogP contribution in [0.25, 0.3) is 68.6 Å². The lowest BCUT2D eigenvalue weighted by Crippen LogP contribution is -2.06. The van der Waals surface area contributed by atoms with Crippen LogP contribution in [0.3, 0.4) is 0 Å². The van der Waals surface area contributed by atoms with Crippen molar-refractivity contribution >= 4 is 46.4 Å². The molecule has 8 bridgehead atoms. The summed E-state index contributed by atoms with van der Waals surface area (Å²) in [5, 5.41) is 0. The molecule has 0 fully saturated rings. The van der Waals surface area contributed by atoms with Crippen LogP contribution in [-0.4, -0.2) is 27.0 Å². The van der Waals surface area contributed by atoms with Crippen LogP contribution >= 0.6 is 0 Å². The van der Waals surface area contributed by atoms with Crippen LogP contribution in [0.5, 0.6) is 17.2 Å². The Morgan fingerprint density at radius 3 is 1.39 bits per heavy atom. The molecule has 49 heavy (non-hydrogen) atoms. The maximum atomic E-state index is 14.9. The van der Waals surface area contributed by atoms with Crippen molar-refractivity contribution in [3.63, 3.8) is 0 Å². The van der Waals surface area contributed by atoms with Crippen molar-refractivity contribution in [2.45, 2.75) is 6.18 Å².